The first-order valence-electron chi connectivity index (χ1n) is 9.39. The minimum absolute atomic E-state index is 0.0587. The molecule has 1 aliphatic rings. The molecule has 4 nitrogen and oxygen atoms in total. The maximum atomic E-state index is 12.7. The van der Waals surface area contributed by atoms with Crippen LogP contribution in [0.3, 0.4) is 0 Å². The van der Waals surface area contributed by atoms with E-state index >= 15 is 0 Å². The Balaban J connectivity index is 1.53. The fourth-order valence-electron chi connectivity index (χ4n) is 3.29. The number of rotatable bonds is 4. The van der Waals surface area contributed by atoms with Gasteiger partial charge in [0.1, 0.15) is 0 Å². The van der Waals surface area contributed by atoms with E-state index in [9.17, 15) is 9.59 Å². The minimum Gasteiger partial charge on any atom is -0.349 e. The summed E-state index contributed by atoms with van der Waals surface area (Å²) in [4.78, 5) is 26.9. The highest BCUT2D eigenvalue weighted by atomic mass is 79.9. The zero-order valence-corrected chi connectivity index (χ0v) is 17.3. The molecule has 1 heterocycles. The average Bonchev–Trinajstić information content (AvgIpc) is 2.68. The predicted molar refractivity (Wildman–Crippen MR) is 111 cm³/mol. The third kappa shape index (κ3) is 4.98. The molecule has 0 spiro atoms. The zero-order valence-electron chi connectivity index (χ0n) is 15.7. The molecule has 0 bridgehead atoms. The van der Waals surface area contributed by atoms with Crippen LogP contribution in [0.15, 0.2) is 53.0 Å². The Morgan fingerprint density at radius 2 is 1.52 bits per heavy atom. The van der Waals surface area contributed by atoms with Crippen LogP contribution in [0.25, 0.3) is 0 Å². The molecular formula is C22H25BrN2O2. The highest BCUT2D eigenvalue weighted by Crippen LogP contribution is 2.18. The lowest BCUT2D eigenvalue weighted by Gasteiger charge is -2.32. The minimum atomic E-state index is -0.0587. The highest BCUT2D eigenvalue weighted by molar-refractivity contribution is 9.10. The molecule has 2 amide bonds. The SMILES string of the molecule is CC(C)c1ccc(C(=O)N2CCC(NC(=O)c3ccc(Br)cc3)CC2)cc1. The van der Waals surface area contributed by atoms with E-state index in [1.807, 2.05) is 41.3 Å². The monoisotopic (exact) mass is 428 g/mol. The molecule has 142 valence electrons. The zero-order chi connectivity index (χ0) is 19.4. The first kappa shape index (κ1) is 19.6. The summed E-state index contributed by atoms with van der Waals surface area (Å²) in [5.74, 6) is 0.471. The number of nitrogens with zero attached hydrogens (tertiary/aromatic N) is 1. The Labute approximate surface area is 169 Å². The molecule has 1 fully saturated rings. The number of amides is 2. The lowest BCUT2D eigenvalue weighted by Crippen LogP contribution is -2.46. The van der Waals surface area contributed by atoms with Crippen LogP contribution in [-0.2, 0) is 0 Å². The fourth-order valence-corrected chi connectivity index (χ4v) is 3.55. The molecule has 0 aromatic heterocycles. The Morgan fingerprint density at radius 3 is 2.07 bits per heavy atom. The van der Waals surface area contributed by atoms with Crippen LogP contribution in [0.5, 0.6) is 0 Å². The van der Waals surface area contributed by atoms with E-state index in [0.29, 0.717) is 24.6 Å². The molecule has 0 unspecified atom stereocenters. The lowest BCUT2D eigenvalue weighted by atomic mass is 10.00. The summed E-state index contributed by atoms with van der Waals surface area (Å²) in [5.41, 5.74) is 2.62. The van der Waals surface area contributed by atoms with E-state index in [0.717, 1.165) is 22.9 Å². The van der Waals surface area contributed by atoms with Crippen molar-refractivity contribution in [1.82, 2.24) is 10.2 Å². The van der Waals surface area contributed by atoms with Crippen molar-refractivity contribution in [3.8, 4) is 0 Å². The molecule has 1 saturated heterocycles. The van der Waals surface area contributed by atoms with Crippen molar-refractivity contribution in [3.05, 3.63) is 69.7 Å². The van der Waals surface area contributed by atoms with Crippen molar-refractivity contribution >= 4 is 27.7 Å². The summed E-state index contributed by atoms with van der Waals surface area (Å²) < 4.78 is 0.951. The smallest absolute Gasteiger partial charge is 0.253 e. The molecule has 3 rings (SSSR count). The van der Waals surface area contributed by atoms with Gasteiger partial charge in [-0.3, -0.25) is 9.59 Å². The van der Waals surface area contributed by atoms with Crippen molar-refractivity contribution in [2.24, 2.45) is 0 Å². The lowest BCUT2D eigenvalue weighted by molar-refractivity contribution is 0.0698. The summed E-state index contributed by atoms with van der Waals surface area (Å²) in [6.45, 7) is 5.61. The van der Waals surface area contributed by atoms with Crippen LogP contribution in [0, 0.1) is 0 Å². The Kier molecular flexibility index (Phi) is 6.32. The molecule has 2 aromatic rings. The van der Waals surface area contributed by atoms with Crippen LogP contribution < -0.4 is 5.32 Å². The van der Waals surface area contributed by atoms with Gasteiger partial charge in [-0.2, -0.15) is 0 Å². The number of piperidine rings is 1. The number of halogens is 1. The van der Waals surface area contributed by atoms with Crippen molar-refractivity contribution in [2.75, 3.05) is 13.1 Å². The molecule has 0 radical (unpaired) electrons. The fraction of sp³-hybridized carbons (Fsp3) is 0.364. The summed E-state index contributed by atoms with van der Waals surface area (Å²) >= 11 is 3.37. The molecule has 5 heteroatoms. The molecule has 1 N–H and O–H groups in total. The topological polar surface area (TPSA) is 49.4 Å². The van der Waals surface area contributed by atoms with Gasteiger partial charge in [-0.1, -0.05) is 41.9 Å². The Hall–Kier alpha value is -2.14. The van der Waals surface area contributed by atoms with Crippen molar-refractivity contribution in [3.63, 3.8) is 0 Å². The van der Waals surface area contributed by atoms with E-state index < -0.39 is 0 Å². The van der Waals surface area contributed by atoms with Gasteiger partial charge in [-0.15, -0.1) is 0 Å². The van der Waals surface area contributed by atoms with Crippen molar-refractivity contribution in [1.29, 1.82) is 0 Å². The number of likely N-dealkylation sites (tertiary alicyclic amines) is 1. The van der Waals surface area contributed by atoms with E-state index in [4.69, 9.17) is 0 Å². The summed E-state index contributed by atoms with van der Waals surface area (Å²) in [7, 11) is 0. The second kappa shape index (κ2) is 8.70. The van der Waals surface area contributed by atoms with Crippen LogP contribution >= 0.6 is 15.9 Å². The third-order valence-electron chi connectivity index (χ3n) is 5.05. The quantitative estimate of drug-likeness (QED) is 0.772. The van der Waals surface area contributed by atoms with Gasteiger partial charge in [0.25, 0.3) is 11.8 Å². The van der Waals surface area contributed by atoms with Crippen LogP contribution in [0.1, 0.15) is 58.9 Å². The second-order valence-corrected chi connectivity index (χ2v) is 8.24. The van der Waals surface area contributed by atoms with Crippen molar-refractivity contribution < 1.29 is 9.59 Å². The predicted octanol–water partition coefficient (Wildman–Crippen LogP) is 4.61. The number of carbonyl (C=O) groups is 2. The van der Waals surface area contributed by atoms with Crippen LogP contribution in [-0.4, -0.2) is 35.8 Å². The van der Waals surface area contributed by atoms with Crippen LogP contribution in [0.2, 0.25) is 0 Å². The van der Waals surface area contributed by atoms with Gasteiger partial charge in [0.2, 0.25) is 0 Å². The van der Waals surface area contributed by atoms with Gasteiger partial charge in [0.05, 0.1) is 0 Å². The number of carbonyl (C=O) groups excluding carboxylic acids is 2. The number of hydrogen-bond acceptors (Lipinski definition) is 2. The first-order chi connectivity index (χ1) is 12.9. The van der Waals surface area contributed by atoms with E-state index in [1.165, 1.54) is 5.56 Å². The molecular weight excluding hydrogens is 404 g/mol. The maximum absolute atomic E-state index is 12.7. The molecule has 0 atom stereocenters. The maximum Gasteiger partial charge on any atom is 0.253 e. The molecule has 1 aliphatic heterocycles. The Bertz CT molecular complexity index is 792. The Morgan fingerprint density at radius 1 is 0.963 bits per heavy atom. The van der Waals surface area contributed by atoms with Gasteiger partial charge < -0.3 is 10.2 Å². The summed E-state index contributed by atoms with van der Waals surface area (Å²) in [6, 6.07) is 15.3. The van der Waals surface area contributed by atoms with E-state index in [1.54, 1.807) is 12.1 Å². The number of benzene rings is 2. The summed E-state index contributed by atoms with van der Waals surface area (Å²) in [6.07, 6.45) is 1.55. The third-order valence-corrected chi connectivity index (χ3v) is 5.58. The van der Waals surface area contributed by atoms with Crippen molar-refractivity contribution in [2.45, 2.75) is 38.6 Å². The van der Waals surface area contributed by atoms with Gasteiger partial charge in [-0.25, -0.2) is 0 Å². The molecule has 2 aromatic carbocycles. The van der Waals surface area contributed by atoms with Crippen LogP contribution in [0.4, 0.5) is 0 Å². The highest BCUT2D eigenvalue weighted by Gasteiger charge is 2.25. The van der Waals surface area contributed by atoms with E-state index in [-0.39, 0.29) is 17.9 Å². The second-order valence-electron chi connectivity index (χ2n) is 7.32. The largest absolute Gasteiger partial charge is 0.349 e. The van der Waals surface area contributed by atoms with Gasteiger partial charge in [0.15, 0.2) is 0 Å². The standard InChI is InChI=1S/C22H25BrN2O2/c1-15(2)16-3-5-18(6-4-16)22(27)25-13-11-20(12-14-25)24-21(26)17-7-9-19(23)10-8-17/h3-10,15,20H,11-14H2,1-2H3,(H,24,26). The summed E-state index contributed by atoms with van der Waals surface area (Å²) in [5, 5.41) is 3.08. The van der Waals surface area contributed by atoms with Gasteiger partial charge in [0, 0.05) is 34.7 Å². The first-order valence-corrected chi connectivity index (χ1v) is 10.2. The van der Waals surface area contributed by atoms with E-state index in [2.05, 4.69) is 35.1 Å². The molecule has 0 aliphatic carbocycles. The molecule has 0 saturated carbocycles. The number of hydrogen-bond donors (Lipinski definition) is 1. The molecule has 27 heavy (non-hydrogen) atoms. The average molecular weight is 429 g/mol. The van der Waals surface area contributed by atoms with Gasteiger partial charge in [-0.05, 0) is 60.7 Å². The number of nitrogens with one attached hydrogen (secondary N) is 1. The van der Waals surface area contributed by atoms with Gasteiger partial charge >= 0.3 is 0 Å². The normalized spacial score (nSPS) is 15.0.